The Bertz CT molecular complexity index is 309. The van der Waals surface area contributed by atoms with Crippen LogP contribution in [0.25, 0.3) is 0 Å². The molecular weight excluding hydrogens is 198 g/mol. The van der Waals surface area contributed by atoms with Crippen molar-refractivity contribution in [3.8, 4) is 0 Å². The third-order valence-corrected chi connectivity index (χ3v) is 2.92. The minimum absolute atomic E-state index is 0.141. The third kappa shape index (κ3) is 3.08. The first-order valence-corrected chi connectivity index (χ1v) is 5.42. The summed E-state index contributed by atoms with van der Waals surface area (Å²) in [5, 5.41) is 3.65. The molecule has 1 amide bonds. The molecule has 0 aliphatic carbocycles. The SMILES string of the molecule is CCc1cnc(CNC(=O)C(C)N)s1. The lowest BCUT2D eigenvalue weighted by atomic mass is 10.3. The van der Waals surface area contributed by atoms with Crippen LogP contribution in [0.15, 0.2) is 6.20 Å². The molecule has 0 radical (unpaired) electrons. The number of rotatable bonds is 4. The molecule has 0 spiro atoms. The highest BCUT2D eigenvalue weighted by Gasteiger charge is 2.07. The van der Waals surface area contributed by atoms with Crippen LogP contribution in [-0.4, -0.2) is 16.9 Å². The van der Waals surface area contributed by atoms with Crippen LogP contribution in [0.2, 0.25) is 0 Å². The summed E-state index contributed by atoms with van der Waals surface area (Å²) in [5.41, 5.74) is 5.40. The first kappa shape index (κ1) is 11.1. The van der Waals surface area contributed by atoms with Crippen LogP contribution < -0.4 is 11.1 Å². The van der Waals surface area contributed by atoms with Crippen LogP contribution in [0.3, 0.4) is 0 Å². The lowest BCUT2D eigenvalue weighted by molar-refractivity contribution is -0.122. The lowest BCUT2D eigenvalue weighted by Gasteiger charge is -2.04. The van der Waals surface area contributed by atoms with Gasteiger partial charge in [0.1, 0.15) is 5.01 Å². The fraction of sp³-hybridized carbons (Fsp3) is 0.556. The highest BCUT2D eigenvalue weighted by molar-refractivity contribution is 7.11. The highest BCUT2D eigenvalue weighted by atomic mass is 32.1. The molecule has 0 bridgehead atoms. The van der Waals surface area contributed by atoms with Gasteiger partial charge in [-0.2, -0.15) is 0 Å². The van der Waals surface area contributed by atoms with Gasteiger partial charge < -0.3 is 11.1 Å². The van der Waals surface area contributed by atoms with Crippen molar-refractivity contribution in [2.45, 2.75) is 32.9 Å². The van der Waals surface area contributed by atoms with Gasteiger partial charge in [0.05, 0.1) is 12.6 Å². The molecule has 0 aromatic carbocycles. The summed E-state index contributed by atoms with van der Waals surface area (Å²) >= 11 is 1.62. The summed E-state index contributed by atoms with van der Waals surface area (Å²) in [6, 6.07) is -0.458. The molecular formula is C9H15N3OS. The number of thiazole rings is 1. The summed E-state index contributed by atoms with van der Waals surface area (Å²) < 4.78 is 0. The zero-order valence-corrected chi connectivity index (χ0v) is 9.23. The van der Waals surface area contributed by atoms with Crippen LogP contribution >= 0.6 is 11.3 Å². The normalized spacial score (nSPS) is 12.5. The van der Waals surface area contributed by atoms with E-state index in [4.69, 9.17) is 5.73 Å². The molecule has 1 rings (SSSR count). The van der Waals surface area contributed by atoms with Crippen molar-refractivity contribution >= 4 is 17.2 Å². The maximum atomic E-state index is 11.1. The number of hydrogen-bond donors (Lipinski definition) is 2. The molecule has 1 aromatic heterocycles. The minimum Gasteiger partial charge on any atom is -0.348 e. The molecule has 1 aromatic rings. The van der Waals surface area contributed by atoms with Crippen LogP contribution in [0.5, 0.6) is 0 Å². The van der Waals surface area contributed by atoms with E-state index < -0.39 is 6.04 Å². The zero-order chi connectivity index (χ0) is 10.6. The Morgan fingerprint density at radius 2 is 2.50 bits per heavy atom. The minimum atomic E-state index is -0.458. The first-order chi connectivity index (χ1) is 6.63. The predicted molar refractivity (Wildman–Crippen MR) is 57.0 cm³/mol. The molecule has 0 aliphatic rings. The molecule has 3 N–H and O–H groups in total. The summed E-state index contributed by atoms with van der Waals surface area (Å²) in [4.78, 5) is 16.5. The molecule has 14 heavy (non-hydrogen) atoms. The van der Waals surface area contributed by atoms with Crippen molar-refractivity contribution in [2.24, 2.45) is 5.73 Å². The fourth-order valence-corrected chi connectivity index (χ4v) is 1.72. The topological polar surface area (TPSA) is 68.0 Å². The number of nitrogens with one attached hydrogen (secondary N) is 1. The van der Waals surface area contributed by atoms with E-state index in [0.717, 1.165) is 11.4 Å². The number of carbonyl (C=O) groups is 1. The Morgan fingerprint density at radius 3 is 3.00 bits per heavy atom. The third-order valence-electron chi connectivity index (χ3n) is 1.78. The molecule has 0 saturated heterocycles. The average molecular weight is 213 g/mol. The van der Waals surface area contributed by atoms with Gasteiger partial charge in [0.15, 0.2) is 0 Å². The largest absolute Gasteiger partial charge is 0.348 e. The number of carbonyl (C=O) groups excluding carboxylic acids is 1. The van der Waals surface area contributed by atoms with Gasteiger partial charge in [-0.25, -0.2) is 4.98 Å². The van der Waals surface area contributed by atoms with Crippen LogP contribution in [0, 0.1) is 0 Å². The summed E-state index contributed by atoms with van der Waals surface area (Å²) in [5.74, 6) is -0.141. The summed E-state index contributed by atoms with van der Waals surface area (Å²) in [6.07, 6.45) is 2.83. The van der Waals surface area contributed by atoms with E-state index in [-0.39, 0.29) is 5.91 Å². The molecule has 0 saturated carbocycles. The Labute approximate surface area is 87.5 Å². The number of amides is 1. The molecule has 5 heteroatoms. The Hall–Kier alpha value is -0.940. The van der Waals surface area contributed by atoms with Crippen LogP contribution in [-0.2, 0) is 17.8 Å². The standard InChI is InChI=1S/C9H15N3OS/c1-3-7-4-11-8(14-7)5-12-9(13)6(2)10/h4,6H,3,5,10H2,1-2H3,(H,12,13). The van der Waals surface area contributed by atoms with Crippen molar-refractivity contribution in [3.63, 3.8) is 0 Å². The van der Waals surface area contributed by atoms with Crippen LogP contribution in [0.4, 0.5) is 0 Å². The van der Waals surface area contributed by atoms with E-state index in [1.54, 1.807) is 18.3 Å². The van der Waals surface area contributed by atoms with Crippen LogP contribution in [0.1, 0.15) is 23.7 Å². The molecule has 1 atom stereocenters. The van der Waals surface area contributed by atoms with Crippen molar-refractivity contribution in [1.82, 2.24) is 10.3 Å². The quantitative estimate of drug-likeness (QED) is 0.772. The van der Waals surface area contributed by atoms with E-state index >= 15 is 0 Å². The monoisotopic (exact) mass is 213 g/mol. The Balaban J connectivity index is 2.41. The van der Waals surface area contributed by atoms with Crippen molar-refractivity contribution in [1.29, 1.82) is 0 Å². The Kier molecular flexibility index (Phi) is 4.03. The van der Waals surface area contributed by atoms with E-state index in [1.165, 1.54) is 4.88 Å². The van der Waals surface area contributed by atoms with Gasteiger partial charge in [-0.05, 0) is 13.3 Å². The van der Waals surface area contributed by atoms with E-state index in [1.807, 2.05) is 6.20 Å². The maximum absolute atomic E-state index is 11.1. The predicted octanol–water partition coefficient (Wildman–Crippen LogP) is 0.669. The van der Waals surface area contributed by atoms with Gasteiger partial charge in [-0.1, -0.05) is 6.92 Å². The molecule has 78 valence electrons. The van der Waals surface area contributed by atoms with Crippen molar-refractivity contribution in [2.75, 3.05) is 0 Å². The van der Waals surface area contributed by atoms with E-state index in [2.05, 4.69) is 17.2 Å². The maximum Gasteiger partial charge on any atom is 0.236 e. The smallest absolute Gasteiger partial charge is 0.236 e. The second-order valence-corrected chi connectivity index (χ2v) is 4.28. The highest BCUT2D eigenvalue weighted by Crippen LogP contribution is 2.12. The van der Waals surface area contributed by atoms with Gasteiger partial charge in [-0.15, -0.1) is 11.3 Å². The van der Waals surface area contributed by atoms with Gasteiger partial charge in [-0.3, -0.25) is 4.79 Å². The summed E-state index contributed by atoms with van der Waals surface area (Å²) in [6.45, 7) is 4.22. The second-order valence-electron chi connectivity index (χ2n) is 3.08. The fourth-order valence-electron chi connectivity index (χ4n) is 0.917. The molecule has 1 heterocycles. The van der Waals surface area contributed by atoms with Gasteiger partial charge in [0.25, 0.3) is 0 Å². The number of hydrogen-bond acceptors (Lipinski definition) is 4. The molecule has 1 unspecified atom stereocenters. The number of aromatic nitrogens is 1. The number of nitrogens with two attached hydrogens (primary N) is 1. The first-order valence-electron chi connectivity index (χ1n) is 4.60. The molecule has 0 aliphatic heterocycles. The van der Waals surface area contributed by atoms with Gasteiger partial charge in [0.2, 0.25) is 5.91 Å². The van der Waals surface area contributed by atoms with E-state index in [9.17, 15) is 4.79 Å². The molecule has 0 fully saturated rings. The van der Waals surface area contributed by atoms with Gasteiger partial charge in [0, 0.05) is 11.1 Å². The van der Waals surface area contributed by atoms with Gasteiger partial charge >= 0.3 is 0 Å². The van der Waals surface area contributed by atoms with Crippen molar-refractivity contribution in [3.05, 3.63) is 16.1 Å². The Morgan fingerprint density at radius 1 is 1.79 bits per heavy atom. The van der Waals surface area contributed by atoms with E-state index in [0.29, 0.717) is 6.54 Å². The summed E-state index contributed by atoms with van der Waals surface area (Å²) in [7, 11) is 0. The average Bonchev–Trinajstić information content (AvgIpc) is 2.61. The number of aryl methyl sites for hydroxylation is 1. The number of nitrogens with zero attached hydrogens (tertiary/aromatic N) is 1. The van der Waals surface area contributed by atoms with Crippen molar-refractivity contribution < 1.29 is 4.79 Å². The molecule has 4 nitrogen and oxygen atoms in total. The second kappa shape index (κ2) is 5.07. The zero-order valence-electron chi connectivity index (χ0n) is 8.41. The lowest BCUT2D eigenvalue weighted by Crippen LogP contribution is -2.37.